The zero-order chi connectivity index (χ0) is 19.8. The quantitative estimate of drug-likeness (QED) is 0.755. The predicted molar refractivity (Wildman–Crippen MR) is 103 cm³/mol. The van der Waals surface area contributed by atoms with Gasteiger partial charge in [-0.2, -0.15) is 5.26 Å². The Morgan fingerprint density at radius 2 is 1.75 bits per heavy atom. The number of hydrogen-bond donors (Lipinski definition) is 1. The Bertz CT molecular complexity index is 1190. The third-order valence-corrected chi connectivity index (χ3v) is 5.11. The molecule has 2 heterocycles. The highest BCUT2D eigenvalue weighted by Crippen LogP contribution is 2.39. The second-order valence-electron chi connectivity index (χ2n) is 6.52. The molecule has 0 fully saturated rings. The Balaban J connectivity index is 2.04. The lowest BCUT2D eigenvalue weighted by atomic mass is 9.92. The summed E-state index contributed by atoms with van der Waals surface area (Å²) < 4.78 is 27.1. The SMILES string of the molecule is COc1cc2c(cc1OC)-c1cc(-c3ccccc3F)c(C#N)c(=N)n1CC2. The van der Waals surface area contributed by atoms with Crippen molar-refractivity contribution in [3.05, 3.63) is 64.9 Å². The molecule has 0 saturated carbocycles. The van der Waals surface area contributed by atoms with Crippen molar-refractivity contribution in [2.75, 3.05) is 14.2 Å². The molecule has 0 aliphatic carbocycles. The normalized spacial score (nSPS) is 11.9. The molecule has 0 amide bonds. The van der Waals surface area contributed by atoms with Crippen molar-refractivity contribution in [1.29, 1.82) is 10.7 Å². The number of rotatable bonds is 3. The Morgan fingerprint density at radius 3 is 2.43 bits per heavy atom. The van der Waals surface area contributed by atoms with Crippen molar-refractivity contribution in [3.8, 4) is 40.0 Å². The van der Waals surface area contributed by atoms with E-state index in [2.05, 4.69) is 6.07 Å². The minimum atomic E-state index is -0.424. The first-order chi connectivity index (χ1) is 13.6. The molecule has 1 aliphatic heterocycles. The predicted octanol–water partition coefficient (Wildman–Crippen LogP) is 3.89. The van der Waals surface area contributed by atoms with E-state index in [1.807, 2.05) is 12.1 Å². The molecule has 1 aromatic heterocycles. The molecule has 28 heavy (non-hydrogen) atoms. The minimum absolute atomic E-state index is 0.0821. The van der Waals surface area contributed by atoms with Gasteiger partial charge in [0.25, 0.3) is 0 Å². The van der Waals surface area contributed by atoms with E-state index in [0.29, 0.717) is 35.6 Å². The topological polar surface area (TPSA) is 71.0 Å². The van der Waals surface area contributed by atoms with Crippen molar-refractivity contribution in [1.82, 2.24) is 4.57 Å². The van der Waals surface area contributed by atoms with Crippen molar-refractivity contribution in [3.63, 3.8) is 0 Å². The summed E-state index contributed by atoms with van der Waals surface area (Å²) in [5, 5.41) is 18.2. The molecule has 1 aliphatic rings. The van der Waals surface area contributed by atoms with Gasteiger partial charge in [0.1, 0.15) is 22.9 Å². The highest BCUT2D eigenvalue weighted by atomic mass is 19.1. The molecule has 0 saturated heterocycles. The van der Waals surface area contributed by atoms with Gasteiger partial charge < -0.3 is 14.0 Å². The molecule has 140 valence electrons. The van der Waals surface area contributed by atoms with E-state index >= 15 is 0 Å². The summed E-state index contributed by atoms with van der Waals surface area (Å²) in [6, 6.07) is 14.0. The number of ether oxygens (including phenoxy) is 2. The molecule has 3 aromatic rings. The summed E-state index contributed by atoms with van der Waals surface area (Å²) in [5.41, 5.74) is 3.67. The number of fused-ring (bicyclic) bond motifs is 3. The molecule has 0 spiro atoms. The summed E-state index contributed by atoms with van der Waals surface area (Å²) in [7, 11) is 3.16. The van der Waals surface area contributed by atoms with Gasteiger partial charge in [-0.25, -0.2) is 4.39 Å². The Kier molecular flexibility index (Phi) is 4.36. The van der Waals surface area contributed by atoms with Crippen LogP contribution in [0, 0.1) is 22.6 Å². The Morgan fingerprint density at radius 1 is 1.04 bits per heavy atom. The van der Waals surface area contributed by atoms with Crippen molar-refractivity contribution in [2.45, 2.75) is 13.0 Å². The van der Waals surface area contributed by atoms with Crippen LogP contribution in [-0.4, -0.2) is 18.8 Å². The van der Waals surface area contributed by atoms with Crippen LogP contribution in [-0.2, 0) is 13.0 Å². The summed E-state index contributed by atoms with van der Waals surface area (Å²) in [6.45, 7) is 0.558. The molecule has 1 N–H and O–H groups in total. The molecule has 0 bridgehead atoms. The van der Waals surface area contributed by atoms with Gasteiger partial charge in [0.2, 0.25) is 0 Å². The lowest BCUT2D eigenvalue weighted by Gasteiger charge is -2.25. The second-order valence-corrected chi connectivity index (χ2v) is 6.52. The number of aromatic nitrogens is 1. The van der Waals surface area contributed by atoms with Crippen molar-refractivity contribution >= 4 is 0 Å². The lowest BCUT2D eigenvalue weighted by molar-refractivity contribution is 0.354. The Hall–Kier alpha value is -3.59. The van der Waals surface area contributed by atoms with E-state index in [0.717, 1.165) is 16.8 Å². The van der Waals surface area contributed by atoms with E-state index in [9.17, 15) is 9.65 Å². The zero-order valence-corrected chi connectivity index (χ0v) is 15.5. The number of hydrogen-bond acceptors (Lipinski definition) is 4. The third-order valence-electron chi connectivity index (χ3n) is 5.11. The third kappa shape index (κ3) is 2.64. The van der Waals surface area contributed by atoms with Crippen LogP contribution in [0.5, 0.6) is 11.5 Å². The molecule has 0 unspecified atom stereocenters. The fourth-order valence-electron chi connectivity index (χ4n) is 3.73. The molecular weight excluding hydrogens is 357 g/mol. The van der Waals surface area contributed by atoms with Crippen LogP contribution in [0.25, 0.3) is 22.4 Å². The number of nitrogens with zero attached hydrogens (tertiary/aromatic N) is 2. The van der Waals surface area contributed by atoms with E-state index < -0.39 is 5.82 Å². The van der Waals surface area contributed by atoms with Crippen molar-refractivity contribution < 1.29 is 13.9 Å². The summed E-state index contributed by atoms with van der Waals surface area (Å²) in [6.07, 6.45) is 0.698. The number of aryl methyl sites for hydroxylation is 1. The van der Waals surface area contributed by atoms with Gasteiger partial charge in [-0.05, 0) is 36.2 Å². The van der Waals surface area contributed by atoms with Crippen LogP contribution >= 0.6 is 0 Å². The number of nitrogens with one attached hydrogen (secondary N) is 1. The fourth-order valence-corrected chi connectivity index (χ4v) is 3.73. The fraction of sp³-hybridized carbons (Fsp3) is 0.182. The Labute approximate surface area is 161 Å². The first-order valence-corrected chi connectivity index (χ1v) is 8.81. The lowest BCUT2D eigenvalue weighted by Crippen LogP contribution is -2.29. The standard InChI is InChI=1S/C22H18FN3O2/c1-27-20-9-13-7-8-26-19(15(13)11-21(20)28-2)10-16(17(12-24)22(26)25)14-5-3-4-6-18(14)23/h3-6,9-11,25H,7-8H2,1-2H3. The van der Waals surface area contributed by atoms with Crippen LogP contribution in [0.1, 0.15) is 11.1 Å². The second kappa shape index (κ2) is 6.86. The highest BCUT2D eigenvalue weighted by molar-refractivity contribution is 5.78. The largest absolute Gasteiger partial charge is 0.493 e. The molecule has 5 nitrogen and oxygen atoms in total. The van der Waals surface area contributed by atoms with Crippen LogP contribution in [0.3, 0.4) is 0 Å². The maximum atomic E-state index is 14.5. The summed E-state index contributed by atoms with van der Waals surface area (Å²) in [4.78, 5) is 0. The van der Waals surface area contributed by atoms with Gasteiger partial charge in [0.15, 0.2) is 11.5 Å². The maximum Gasteiger partial charge on any atom is 0.161 e. The number of nitriles is 1. The monoisotopic (exact) mass is 375 g/mol. The number of pyridine rings is 1. The van der Waals surface area contributed by atoms with E-state index in [-0.39, 0.29) is 11.1 Å². The highest BCUT2D eigenvalue weighted by Gasteiger charge is 2.23. The van der Waals surface area contributed by atoms with Crippen LogP contribution in [0.15, 0.2) is 42.5 Å². The van der Waals surface area contributed by atoms with Gasteiger partial charge >= 0.3 is 0 Å². The van der Waals surface area contributed by atoms with Gasteiger partial charge in [0, 0.05) is 23.2 Å². The molecule has 2 aromatic carbocycles. The molecule has 0 radical (unpaired) electrons. The molecular formula is C22H18FN3O2. The number of methoxy groups -OCH3 is 2. The minimum Gasteiger partial charge on any atom is -0.493 e. The summed E-state index contributed by atoms with van der Waals surface area (Å²) in [5.74, 6) is 0.800. The van der Waals surface area contributed by atoms with Crippen LogP contribution in [0.2, 0.25) is 0 Å². The average molecular weight is 375 g/mol. The van der Waals surface area contributed by atoms with Gasteiger partial charge in [-0.1, -0.05) is 18.2 Å². The summed E-state index contributed by atoms with van der Waals surface area (Å²) >= 11 is 0. The number of halogens is 1. The van der Waals surface area contributed by atoms with Gasteiger partial charge in [-0.15, -0.1) is 0 Å². The average Bonchev–Trinajstić information content (AvgIpc) is 2.72. The van der Waals surface area contributed by atoms with Gasteiger partial charge in [-0.3, -0.25) is 5.41 Å². The smallest absolute Gasteiger partial charge is 0.161 e. The maximum absolute atomic E-state index is 14.5. The van der Waals surface area contributed by atoms with Crippen LogP contribution in [0.4, 0.5) is 4.39 Å². The van der Waals surface area contributed by atoms with Gasteiger partial charge in [0.05, 0.1) is 19.9 Å². The first kappa shape index (κ1) is 17.8. The van der Waals surface area contributed by atoms with Crippen LogP contribution < -0.4 is 15.0 Å². The number of benzene rings is 2. The van der Waals surface area contributed by atoms with Crippen molar-refractivity contribution in [2.24, 2.45) is 0 Å². The molecule has 0 atom stereocenters. The molecule has 4 rings (SSSR count). The molecule has 6 heteroatoms. The zero-order valence-electron chi connectivity index (χ0n) is 15.5. The first-order valence-electron chi connectivity index (χ1n) is 8.81. The van der Waals surface area contributed by atoms with E-state index in [1.54, 1.807) is 43.1 Å². The van der Waals surface area contributed by atoms with E-state index in [4.69, 9.17) is 14.9 Å². The van der Waals surface area contributed by atoms with E-state index in [1.165, 1.54) is 6.07 Å².